The molecule has 0 aromatic heterocycles. The van der Waals surface area contributed by atoms with Gasteiger partial charge in [0.2, 0.25) is 0 Å². The van der Waals surface area contributed by atoms with Crippen LogP contribution < -0.4 is 5.32 Å². The second-order valence-corrected chi connectivity index (χ2v) is 9.28. The molecule has 0 fully saturated rings. The van der Waals surface area contributed by atoms with Gasteiger partial charge in [-0.1, -0.05) is 19.1 Å². The maximum Gasteiger partial charge on any atom is 0.359 e. The number of carbonyl (C=O) groups excluding carboxylic acids is 1. The second-order valence-electron chi connectivity index (χ2n) is 7.07. The normalized spacial score (nSPS) is 16.7. The molecule has 1 aromatic rings. The summed E-state index contributed by atoms with van der Waals surface area (Å²) in [5.41, 5.74) is 1.32. The Morgan fingerprint density at radius 2 is 1.84 bits per heavy atom. The number of nitro groups is 1. The first kappa shape index (κ1) is 25.7. The zero-order chi connectivity index (χ0) is 23.9. The predicted molar refractivity (Wildman–Crippen MR) is 118 cm³/mol. The Morgan fingerprint density at radius 3 is 2.44 bits per heavy atom. The van der Waals surface area contributed by atoms with Gasteiger partial charge in [-0.2, -0.15) is 0 Å². The van der Waals surface area contributed by atoms with Crippen molar-refractivity contribution in [3.63, 3.8) is 0 Å². The van der Waals surface area contributed by atoms with Crippen molar-refractivity contribution in [2.45, 2.75) is 33.1 Å². The van der Waals surface area contributed by atoms with Crippen molar-refractivity contribution >= 4 is 19.3 Å². The highest BCUT2D eigenvalue weighted by molar-refractivity contribution is 7.58. The molecule has 1 unspecified atom stereocenters. The first-order valence-corrected chi connectivity index (χ1v) is 11.6. The van der Waals surface area contributed by atoms with Crippen molar-refractivity contribution in [1.29, 1.82) is 0 Å². The number of allylic oxidation sites excluding steroid dienone is 3. The van der Waals surface area contributed by atoms with Crippen LogP contribution in [0.4, 0.5) is 5.69 Å². The lowest BCUT2D eigenvalue weighted by Gasteiger charge is -2.33. The quantitative estimate of drug-likeness (QED) is 0.167. The van der Waals surface area contributed by atoms with E-state index in [1.165, 1.54) is 32.4 Å². The summed E-state index contributed by atoms with van der Waals surface area (Å²) in [5, 5.41) is 14.6. The van der Waals surface area contributed by atoms with Crippen molar-refractivity contribution in [2.75, 3.05) is 34.0 Å². The van der Waals surface area contributed by atoms with E-state index in [-0.39, 0.29) is 29.8 Å². The number of ether oxygens (including phenoxy) is 2. The molecule has 0 aliphatic carbocycles. The largest absolute Gasteiger partial charge is 0.460 e. The Hall–Kier alpha value is -2.52. The van der Waals surface area contributed by atoms with Gasteiger partial charge in [0.1, 0.15) is 6.61 Å². The van der Waals surface area contributed by atoms with E-state index in [0.29, 0.717) is 23.6 Å². The molecular weight excluding hydrogens is 439 g/mol. The van der Waals surface area contributed by atoms with Gasteiger partial charge in [0.25, 0.3) is 5.69 Å². The van der Waals surface area contributed by atoms with Gasteiger partial charge in [0.15, 0.2) is 0 Å². The third-order valence-corrected chi connectivity index (χ3v) is 7.09. The summed E-state index contributed by atoms with van der Waals surface area (Å²) in [5.74, 6) is -1.60. The molecular formula is C21H29N2O8P. The number of benzene rings is 1. The maximum absolute atomic E-state index is 13.5. The van der Waals surface area contributed by atoms with Crippen LogP contribution in [-0.2, 0) is 27.9 Å². The van der Waals surface area contributed by atoms with Gasteiger partial charge in [-0.15, -0.1) is 0 Å². The van der Waals surface area contributed by atoms with Crippen molar-refractivity contribution in [3.8, 4) is 0 Å². The van der Waals surface area contributed by atoms with Crippen LogP contribution >= 0.6 is 7.60 Å². The number of dihydropyridines is 1. The van der Waals surface area contributed by atoms with Crippen LogP contribution in [0.25, 0.3) is 0 Å². The highest BCUT2D eigenvalue weighted by Crippen LogP contribution is 2.63. The fourth-order valence-corrected chi connectivity index (χ4v) is 5.15. The minimum atomic E-state index is -3.84. The van der Waals surface area contributed by atoms with Crippen LogP contribution in [0, 0.1) is 10.1 Å². The average Bonchev–Trinajstić information content (AvgIpc) is 2.77. The van der Waals surface area contributed by atoms with E-state index in [0.717, 1.165) is 6.42 Å². The van der Waals surface area contributed by atoms with E-state index in [1.807, 2.05) is 6.92 Å². The molecule has 0 radical (unpaired) electrons. The highest BCUT2D eigenvalue weighted by Gasteiger charge is 2.44. The molecule has 1 aromatic carbocycles. The number of nitrogens with zero attached hydrogens (tertiary/aromatic N) is 1. The Morgan fingerprint density at radius 1 is 1.16 bits per heavy atom. The molecule has 0 amide bonds. The summed E-state index contributed by atoms with van der Waals surface area (Å²) >= 11 is 0. The van der Waals surface area contributed by atoms with Gasteiger partial charge in [-0.3, -0.25) is 14.7 Å². The lowest BCUT2D eigenvalue weighted by molar-refractivity contribution is -0.384. The van der Waals surface area contributed by atoms with Crippen LogP contribution in [0.5, 0.6) is 0 Å². The summed E-state index contributed by atoms with van der Waals surface area (Å²) in [4.78, 5) is 23.9. The lowest BCUT2D eigenvalue weighted by atomic mass is 9.86. The molecule has 0 saturated carbocycles. The van der Waals surface area contributed by atoms with Crippen LogP contribution in [0.3, 0.4) is 0 Å². The molecule has 32 heavy (non-hydrogen) atoms. The third kappa shape index (κ3) is 5.63. The van der Waals surface area contributed by atoms with Gasteiger partial charge in [0.05, 0.1) is 28.3 Å². The Bertz CT molecular complexity index is 964. The zero-order valence-electron chi connectivity index (χ0n) is 18.9. The van der Waals surface area contributed by atoms with Gasteiger partial charge in [0, 0.05) is 44.4 Å². The number of hydrogen-bond donors (Lipinski definition) is 1. The van der Waals surface area contributed by atoms with Crippen LogP contribution in [0.15, 0.2) is 46.5 Å². The zero-order valence-corrected chi connectivity index (χ0v) is 19.8. The number of nitro benzene ring substituents is 1. The Labute approximate surface area is 187 Å². The van der Waals surface area contributed by atoms with E-state index in [4.69, 9.17) is 18.5 Å². The molecule has 1 atom stereocenters. The Balaban J connectivity index is 2.56. The van der Waals surface area contributed by atoms with Crippen molar-refractivity contribution < 1.29 is 32.8 Å². The maximum atomic E-state index is 13.5. The average molecular weight is 468 g/mol. The summed E-state index contributed by atoms with van der Waals surface area (Å²) < 4.78 is 34.7. The Kier molecular flexibility index (Phi) is 9.15. The molecule has 1 aliphatic rings. The first-order valence-electron chi connectivity index (χ1n) is 10.1. The molecule has 1 N–H and O–H groups in total. The summed E-state index contributed by atoms with van der Waals surface area (Å²) in [6.07, 6.45) is 0.841. The predicted octanol–water partition coefficient (Wildman–Crippen LogP) is 4.24. The number of non-ortho nitro benzene ring substituents is 1. The number of nitrogens with one attached hydrogen (secondary N) is 1. The van der Waals surface area contributed by atoms with E-state index in [1.54, 1.807) is 19.9 Å². The molecule has 1 heterocycles. The number of hydrogen-bond acceptors (Lipinski definition) is 9. The fourth-order valence-electron chi connectivity index (χ4n) is 3.55. The molecule has 0 bridgehead atoms. The van der Waals surface area contributed by atoms with Crippen LogP contribution in [0.1, 0.15) is 38.7 Å². The summed E-state index contributed by atoms with van der Waals surface area (Å²) in [6, 6.07) is 5.80. The molecule has 2 rings (SSSR count). The number of carbonyl (C=O) groups is 1. The minimum absolute atomic E-state index is 0.0293. The van der Waals surface area contributed by atoms with E-state index in [9.17, 15) is 19.5 Å². The molecule has 0 spiro atoms. The second kappa shape index (κ2) is 11.4. The summed E-state index contributed by atoms with van der Waals surface area (Å²) in [6.45, 7) is 6.14. The summed E-state index contributed by atoms with van der Waals surface area (Å²) in [7, 11) is -1.36. The number of rotatable bonds is 11. The molecule has 10 nitrogen and oxygen atoms in total. The van der Waals surface area contributed by atoms with Gasteiger partial charge >= 0.3 is 13.6 Å². The SMILES string of the molecule is CCCOCCOC(=O)C1=C(C)NC(C)=C(P(=O)(OC)OC)C1c1cccc([N+](=O)[O-])c1. The minimum Gasteiger partial charge on any atom is -0.460 e. The van der Waals surface area contributed by atoms with Crippen LogP contribution in [0.2, 0.25) is 0 Å². The van der Waals surface area contributed by atoms with Crippen LogP contribution in [-0.4, -0.2) is 44.9 Å². The van der Waals surface area contributed by atoms with Crippen molar-refractivity contribution in [3.05, 3.63) is 62.2 Å². The van der Waals surface area contributed by atoms with Crippen molar-refractivity contribution in [2.24, 2.45) is 0 Å². The molecule has 1 aliphatic heterocycles. The molecule has 11 heteroatoms. The standard InChI is InChI=1S/C21H29N2O8P/c1-6-10-30-11-12-31-21(24)18-14(2)22-15(3)20(32(27,28-4)29-5)19(18)16-8-7-9-17(13-16)23(25)26/h7-9,13,19,22H,6,10-12H2,1-5H3. The smallest absolute Gasteiger partial charge is 0.359 e. The first-order chi connectivity index (χ1) is 15.2. The molecule has 0 saturated heterocycles. The molecule has 176 valence electrons. The topological polar surface area (TPSA) is 126 Å². The fraction of sp³-hybridized carbons (Fsp3) is 0.476. The number of esters is 1. The van der Waals surface area contributed by atoms with Gasteiger partial charge in [-0.25, -0.2) is 4.79 Å². The lowest BCUT2D eigenvalue weighted by Crippen LogP contribution is -2.30. The highest BCUT2D eigenvalue weighted by atomic mass is 31.2. The third-order valence-electron chi connectivity index (χ3n) is 4.94. The van der Waals surface area contributed by atoms with Gasteiger partial charge < -0.3 is 23.8 Å². The van der Waals surface area contributed by atoms with Crippen molar-refractivity contribution in [1.82, 2.24) is 5.32 Å². The van der Waals surface area contributed by atoms with E-state index < -0.39 is 24.4 Å². The monoisotopic (exact) mass is 468 g/mol. The van der Waals surface area contributed by atoms with E-state index in [2.05, 4.69) is 5.32 Å². The van der Waals surface area contributed by atoms with Gasteiger partial charge in [-0.05, 0) is 25.8 Å². The van der Waals surface area contributed by atoms with E-state index >= 15 is 0 Å².